The fourth-order valence-corrected chi connectivity index (χ4v) is 3.87. The minimum atomic E-state index is -2.80. The number of carbonyl (C=O) groups is 1. The molecule has 1 fully saturated rings. The van der Waals surface area contributed by atoms with E-state index in [0.717, 1.165) is 0 Å². The number of alkyl halides is 4. The first-order chi connectivity index (χ1) is 16.1. The van der Waals surface area contributed by atoms with Crippen molar-refractivity contribution in [2.45, 2.75) is 44.1 Å². The topological polar surface area (TPSA) is 91.2 Å². The van der Waals surface area contributed by atoms with Gasteiger partial charge in [0.15, 0.2) is 11.6 Å². The van der Waals surface area contributed by atoms with Gasteiger partial charge in [0.05, 0.1) is 16.7 Å². The van der Waals surface area contributed by atoms with Crippen molar-refractivity contribution in [1.82, 2.24) is 24.8 Å². The summed E-state index contributed by atoms with van der Waals surface area (Å²) in [6.07, 6.45) is 0.101. The largest absolute Gasteiger partial charge is 0.482 e. The number of fused-ring (bicyclic) bond motifs is 1. The predicted molar refractivity (Wildman–Crippen MR) is 114 cm³/mol. The molecule has 182 valence electrons. The van der Waals surface area contributed by atoms with Crippen molar-refractivity contribution in [3.8, 4) is 17.5 Å². The molecule has 1 N–H and O–H groups in total. The molecule has 8 nitrogen and oxygen atoms in total. The molecule has 1 saturated carbocycles. The van der Waals surface area contributed by atoms with Crippen LogP contribution in [0, 0.1) is 0 Å². The number of nitrogens with one attached hydrogen (secondary N) is 1. The number of halogens is 5. The van der Waals surface area contributed by atoms with Gasteiger partial charge in [0, 0.05) is 44.3 Å². The van der Waals surface area contributed by atoms with Gasteiger partial charge in [-0.1, -0.05) is 11.6 Å². The van der Waals surface area contributed by atoms with Crippen molar-refractivity contribution in [1.29, 1.82) is 0 Å². The van der Waals surface area contributed by atoms with Gasteiger partial charge in [0.25, 0.3) is 18.2 Å². The number of ether oxygens (including phenoxy) is 2. The van der Waals surface area contributed by atoms with E-state index in [2.05, 4.69) is 20.3 Å². The summed E-state index contributed by atoms with van der Waals surface area (Å²) in [6.45, 7) is -0.877. The van der Waals surface area contributed by atoms with Crippen LogP contribution in [0.15, 0.2) is 24.5 Å². The number of hydrogen-bond acceptors (Lipinski definition) is 6. The van der Waals surface area contributed by atoms with E-state index in [1.165, 1.54) is 29.1 Å². The minimum Gasteiger partial charge on any atom is -0.482 e. The lowest BCUT2D eigenvalue weighted by Gasteiger charge is -2.29. The van der Waals surface area contributed by atoms with Gasteiger partial charge in [0.1, 0.15) is 12.1 Å². The van der Waals surface area contributed by atoms with Crippen LogP contribution in [0.25, 0.3) is 11.0 Å². The highest BCUT2D eigenvalue weighted by atomic mass is 35.5. The summed E-state index contributed by atoms with van der Waals surface area (Å²) >= 11 is 5.86. The van der Waals surface area contributed by atoms with Gasteiger partial charge in [-0.2, -0.15) is 0 Å². The second kappa shape index (κ2) is 9.61. The quantitative estimate of drug-likeness (QED) is 0.469. The Morgan fingerprint density at radius 3 is 2.85 bits per heavy atom. The minimum absolute atomic E-state index is 0.0217. The zero-order valence-corrected chi connectivity index (χ0v) is 18.7. The van der Waals surface area contributed by atoms with Crippen molar-refractivity contribution >= 4 is 28.5 Å². The van der Waals surface area contributed by atoms with Gasteiger partial charge in [-0.25, -0.2) is 32.5 Å². The summed E-state index contributed by atoms with van der Waals surface area (Å²) in [5.41, 5.74) is 0.834. The lowest BCUT2D eigenvalue weighted by molar-refractivity contribution is -0.0430. The van der Waals surface area contributed by atoms with E-state index in [1.54, 1.807) is 7.05 Å². The SMILES string of the molecule is Cn1c(C(=O)NC2CCCC(F)(F)C2)nc2cnc(Oc3ncc(Cl)cc3OCC(F)F)cc21. The molecule has 0 radical (unpaired) electrons. The third-order valence-electron chi connectivity index (χ3n) is 5.27. The van der Waals surface area contributed by atoms with Crippen molar-refractivity contribution in [2.24, 2.45) is 7.05 Å². The Balaban J connectivity index is 1.54. The number of nitrogens with zero attached hydrogens (tertiary/aromatic N) is 4. The lowest BCUT2D eigenvalue weighted by atomic mass is 9.92. The van der Waals surface area contributed by atoms with Gasteiger partial charge in [-0.3, -0.25) is 4.79 Å². The number of imidazole rings is 1. The Kier molecular flexibility index (Phi) is 6.78. The molecule has 0 aromatic carbocycles. The summed E-state index contributed by atoms with van der Waals surface area (Å²) < 4.78 is 64.5. The van der Waals surface area contributed by atoms with Crippen LogP contribution in [0.4, 0.5) is 17.6 Å². The van der Waals surface area contributed by atoms with Crippen LogP contribution in [0.5, 0.6) is 17.5 Å². The number of rotatable bonds is 7. The van der Waals surface area contributed by atoms with E-state index >= 15 is 0 Å². The summed E-state index contributed by atoms with van der Waals surface area (Å²) in [6, 6.07) is 2.11. The molecule has 1 amide bonds. The molecule has 3 aromatic heterocycles. The number of carbonyl (C=O) groups excluding carboxylic acids is 1. The van der Waals surface area contributed by atoms with Crippen molar-refractivity contribution < 1.29 is 31.8 Å². The summed E-state index contributed by atoms with van der Waals surface area (Å²) in [7, 11) is 1.58. The van der Waals surface area contributed by atoms with E-state index in [9.17, 15) is 22.4 Å². The highest BCUT2D eigenvalue weighted by Gasteiger charge is 2.37. The third-order valence-corrected chi connectivity index (χ3v) is 5.48. The maximum atomic E-state index is 13.7. The van der Waals surface area contributed by atoms with Gasteiger partial charge in [-0.05, 0) is 12.8 Å². The van der Waals surface area contributed by atoms with Gasteiger partial charge >= 0.3 is 0 Å². The Hall–Kier alpha value is -3.15. The fraction of sp³-hybridized carbons (Fsp3) is 0.429. The average Bonchev–Trinajstić information content (AvgIpc) is 3.09. The highest BCUT2D eigenvalue weighted by Crippen LogP contribution is 2.34. The number of hydrogen-bond donors (Lipinski definition) is 1. The molecular formula is C21H20ClF4N5O3. The first-order valence-electron chi connectivity index (χ1n) is 10.4. The predicted octanol–water partition coefficient (Wildman–Crippen LogP) is 4.76. The van der Waals surface area contributed by atoms with E-state index in [0.29, 0.717) is 23.9 Å². The van der Waals surface area contributed by atoms with Crippen LogP contribution >= 0.6 is 11.6 Å². The molecule has 1 unspecified atom stereocenters. The Labute approximate surface area is 196 Å². The fourth-order valence-electron chi connectivity index (χ4n) is 3.72. The van der Waals surface area contributed by atoms with Crippen LogP contribution in [-0.2, 0) is 7.05 Å². The first-order valence-corrected chi connectivity index (χ1v) is 10.7. The van der Waals surface area contributed by atoms with E-state index in [1.807, 2.05) is 0 Å². The van der Waals surface area contributed by atoms with Crippen molar-refractivity contribution in [3.63, 3.8) is 0 Å². The molecule has 3 aromatic rings. The summed E-state index contributed by atoms with van der Waals surface area (Å²) in [5.74, 6) is -3.54. The lowest BCUT2D eigenvalue weighted by Crippen LogP contribution is -2.42. The number of amides is 1. The van der Waals surface area contributed by atoms with Gasteiger partial charge in [0.2, 0.25) is 11.8 Å². The van der Waals surface area contributed by atoms with Crippen molar-refractivity contribution in [2.75, 3.05) is 6.61 Å². The summed E-state index contributed by atoms with van der Waals surface area (Å²) in [4.78, 5) is 25.0. The number of aromatic nitrogens is 4. The zero-order valence-electron chi connectivity index (χ0n) is 17.9. The second-order valence-electron chi connectivity index (χ2n) is 7.89. The maximum absolute atomic E-state index is 13.7. The summed E-state index contributed by atoms with van der Waals surface area (Å²) in [5, 5.41) is 2.79. The normalized spacial score (nSPS) is 17.7. The van der Waals surface area contributed by atoms with Crippen LogP contribution in [0.3, 0.4) is 0 Å². The maximum Gasteiger partial charge on any atom is 0.287 e. The molecule has 0 spiro atoms. The van der Waals surface area contributed by atoms with Crippen LogP contribution in [0.2, 0.25) is 5.02 Å². The molecule has 0 saturated heterocycles. The molecule has 34 heavy (non-hydrogen) atoms. The van der Waals surface area contributed by atoms with Crippen LogP contribution in [0.1, 0.15) is 36.3 Å². The van der Waals surface area contributed by atoms with E-state index in [4.69, 9.17) is 21.1 Å². The Bertz CT molecular complexity index is 1210. The molecular weight excluding hydrogens is 482 g/mol. The smallest absolute Gasteiger partial charge is 0.287 e. The number of aryl methyl sites for hydroxylation is 1. The Morgan fingerprint density at radius 2 is 2.12 bits per heavy atom. The number of pyridine rings is 2. The molecule has 1 aliphatic rings. The molecule has 0 bridgehead atoms. The van der Waals surface area contributed by atoms with Gasteiger partial charge < -0.3 is 19.4 Å². The van der Waals surface area contributed by atoms with Crippen molar-refractivity contribution in [3.05, 3.63) is 35.4 Å². The van der Waals surface area contributed by atoms with Crippen LogP contribution in [-0.4, -0.2) is 50.4 Å². The third kappa shape index (κ3) is 5.49. The average molecular weight is 502 g/mol. The molecule has 0 aliphatic heterocycles. The highest BCUT2D eigenvalue weighted by molar-refractivity contribution is 6.30. The Morgan fingerprint density at radius 1 is 1.32 bits per heavy atom. The standard InChI is InChI=1S/C21H20ClF4N5O3/c1-31-14-6-17(34-20-15(33-10-16(23)24)5-11(22)8-28-20)27-9-13(14)30-18(31)19(32)29-12-3-2-4-21(25,26)7-12/h5-6,8-9,12,16H,2-4,7,10H2,1H3,(H,29,32). The van der Waals surface area contributed by atoms with E-state index in [-0.39, 0.29) is 34.8 Å². The molecule has 1 atom stereocenters. The first kappa shape index (κ1) is 24.0. The van der Waals surface area contributed by atoms with Crippen LogP contribution < -0.4 is 14.8 Å². The molecule has 1 aliphatic carbocycles. The molecule has 13 heteroatoms. The zero-order chi connectivity index (χ0) is 24.5. The monoisotopic (exact) mass is 501 g/mol. The molecule has 3 heterocycles. The van der Waals surface area contributed by atoms with E-state index < -0.39 is 37.3 Å². The van der Waals surface area contributed by atoms with Gasteiger partial charge in [-0.15, -0.1) is 0 Å². The second-order valence-corrected chi connectivity index (χ2v) is 8.33. The molecule has 4 rings (SSSR count).